The number of anilines is 2. The van der Waals surface area contributed by atoms with E-state index >= 15 is 0 Å². The van der Waals surface area contributed by atoms with Gasteiger partial charge in [0.25, 0.3) is 0 Å². The highest BCUT2D eigenvalue weighted by Gasteiger charge is 1.95. The molecular weight excluding hydrogens is 200 g/mol. The summed E-state index contributed by atoms with van der Waals surface area (Å²) in [7, 11) is 0. The van der Waals surface area contributed by atoms with E-state index in [0.29, 0.717) is 5.15 Å². The molecule has 2 aromatic rings. The summed E-state index contributed by atoms with van der Waals surface area (Å²) in [4.78, 5) is 11.7. The first kappa shape index (κ1) is 8.90. The normalized spacial score (nSPS) is 9.79. The number of rotatable bonds is 2. The van der Waals surface area contributed by atoms with Gasteiger partial charge in [-0.2, -0.15) is 0 Å². The lowest BCUT2D eigenvalue weighted by molar-refractivity contribution is 1.17. The molecule has 1 N–H and O–H groups in total. The van der Waals surface area contributed by atoms with Crippen LogP contribution in [0.25, 0.3) is 0 Å². The number of hydrogen-bond donors (Lipinski definition) is 1. The lowest BCUT2D eigenvalue weighted by atomic mass is 10.4. The molecular formula is C9H7ClN4. The van der Waals surface area contributed by atoms with Crippen molar-refractivity contribution >= 4 is 23.1 Å². The Morgan fingerprint density at radius 2 is 2.07 bits per heavy atom. The van der Waals surface area contributed by atoms with E-state index in [2.05, 4.69) is 20.3 Å². The van der Waals surface area contributed by atoms with Crippen LogP contribution in [-0.4, -0.2) is 15.0 Å². The predicted octanol–water partition coefficient (Wildman–Crippen LogP) is 2.27. The van der Waals surface area contributed by atoms with E-state index in [1.807, 2.05) is 6.07 Å². The van der Waals surface area contributed by atoms with E-state index in [1.165, 1.54) is 6.33 Å². The van der Waals surface area contributed by atoms with Crippen molar-refractivity contribution in [3.8, 4) is 0 Å². The van der Waals surface area contributed by atoms with Gasteiger partial charge in [-0.1, -0.05) is 11.6 Å². The molecule has 0 saturated heterocycles. The number of pyridine rings is 1. The Balaban J connectivity index is 2.19. The number of aromatic nitrogens is 3. The minimum atomic E-state index is 0.448. The molecule has 0 atom stereocenters. The third-order valence-corrected chi connectivity index (χ3v) is 1.79. The second-order valence-corrected chi connectivity index (χ2v) is 2.97. The third kappa shape index (κ3) is 2.17. The van der Waals surface area contributed by atoms with Crippen LogP contribution in [0.2, 0.25) is 5.15 Å². The van der Waals surface area contributed by atoms with Crippen LogP contribution in [0, 0.1) is 0 Å². The highest BCUT2D eigenvalue weighted by atomic mass is 35.5. The molecule has 0 spiro atoms. The van der Waals surface area contributed by atoms with Crippen molar-refractivity contribution < 1.29 is 0 Å². The van der Waals surface area contributed by atoms with E-state index in [4.69, 9.17) is 11.6 Å². The van der Waals surface area contributed by atoms with Crippen molar-refractivity contribution in [3.63, 3.8) is 0 Å². The van der Waals surface area contributed by atoms with Gasteiger partial charge in [-0.3, -0.25) is 0 Å². The van der Waals surface area contributed by atoms with Gasteiger partial charge in [0.2, 0.25) is 0 Å². The highest BCUT2D eigenvalue weighted by molar-refractivity contribution is 6.29. The Morgan fingerprint density at radius 3 is 2.79 bits per heavy atom. The minimum absolute atomic E-state index is 0.448. The van der Waals surface area contributed by atoms with Crippen LogP contribution in [0.4, 0.5) is 11.5 Å². The Bertz CT molecular complexity index is 418. The Morgan fingerprint density at radius 1 is 1.14 bits per heavy atom. The van der Waals surface area contributed by atoms with Crippen molar-refractivity contribution in [1.29, 1.82) is 0 Å². The standard InChI is InChI=1S/C9H7ClN4/c10-8-5-7(1-4-12-8)14-9-2-3-11-6-13-9/h1-6H,(H,11,12,13,14). The molecule has 0 unspecified atom stereocenters. The molecule has 0 radical (unpaired) electrons. The zero-order valence-corrected chi connectivity index (χ0v) is 7.94. The summed E-state index contributed by atoms with van der Waals surface area (Å²) in [6, 6.07) is 5.31. The quantitative estimate of drug-likeness (QED) is 0.766. The first-order valence-corrected chi connectivity index (χ1v) is 4.37. The van der Waals surface area contributed by atoms with Gasteiger partial charge in [-0.05, 0) is 18.2 Å². The molecule has 4 nitrogen and oxygen atoms in total. The summed E-state index contributed by atoms with van der Waals surface area (Å²) < 4.78 is 0. The summed E-state index contributed by atoms with van der Waals surface area (Å²) in [5.74, 6) is 0.724. The first-order chi connectivity index (χ1) is 6.84. The van der Waals surface area contributed by atoms with E-state index < -0.39 is 0 Å². The van der Waals surface area contributed by atoms with Gasteiger partial charge < -0.3 is 5.32 Å². The highest BCUT2D eigenvalue weighted by Crippen LogP contribution is 2.15. The molecule has 0 aliphatic heterocycles. The fourth-order valence-corrected chi connectivity index (χ4v) is 1.17. The zero-order chi connectivity index (χ0) is 9.80. The Kier molecular flexibility index (Phi) is 2.55. The second-order valence-electron chi connectivity index (χ2n) is 2.59. The minimum Gasteiger partial charge on any atom is -0.340 e. The molecule has 14 heavy (non-hydrogen) atoms. The summed E-state index contributed by atoms with van der Waals surface area (Å²) >= 11 is 5.73. The maximum atomic E-state index is 5.73. The maximum Gasteiger partial charge on any atom is 0.133 e. The molecule has 0 fully saturated rings. The molecule has 0 aliphatic carbocycles. The van der Waals surface area contributed by atoms with Gasteiger partial charge >= 0.3 is 0 Å². The van der Waals surface area contributed by atoms with Crippen LogP contribution in [0.5, 0.6) is 0 Å². The average Bonchev–Trinajstić information content (AvgIpc) is 2.19. The summed E-state index contributed by atoms with van der Waals surface area (Å²) in [5.41, 5.74) is 0.851. The van der Waals surface area contributed by atoms with Crippen LogP contribution in [0.1, 0.15) is 0 Å². The van der Waals surface area contributed by atoms with Crippen LogP contribution in [0.15, 0.2) is 36.9 Å². The van der Waals surface area contributed by atoms with E-state index in [9.17, 15) is 0 Å². The fraction of sp³-hybridized carbons (Fsp3) is 0. The smallest absolute Gasteiger partial charge is 0.133 e. The SMILES string of the molecule is Clc1cc(Nc2ccncn2)ccn1. The van der Waals surface area contributed by atoms with Gasteiger partial charge in [0.05, 0.1) is 0 Å². The monoisotopic (exact) mass is 206 g/mol. The van der Waals surface area contributed by atoms with Crippen molar-refractivity contribution in [3.05, 3.63) is 42.1 Å². The third-order valence-electron chi connectivity index (χ3n) is 1.58. The molecule has 2 heterocycles. The lowest BCUT2D eigenvalue weighted by Crippen LogP contribution is -1.93. The predicted molar refractivity (Wildman–Crippen MR) is 54.6 cm³/mol. The average molecular weight is 207 g/mol. The van der Waals surface area contributed by atoms with Crippen molar-refractivity contribution in [2.24, 2.45) is 0 Å². The van der Waals surface area contributed by atoms with Crippen molar-refractivity contribution in [1.82, 2.24) is 15.0 Å². The van der Waals surface area contributed by atoms with Gasteiger partial charge in [-0.15, -0.1) is 0 Å². The maximum absolute atomic E-state index is 5.73. The van der Waals surface area contributed by atoms with Crippen LogP contribution >= 0.6 is 11.6 Å². The molecule has 2 rings (SSSR count). The molecule has 0 amide bonds. The van der Waals surface area contributed by atoms with Gasteiger partial charge in [0, 0.05) is 18.1 Å². The summed E-state index contributed by atoms with van der Waals surface area (Å²) in [6.45, 7) is 0. The Hall–Kier alpha value is -1.68. The van der Waals surface area contributed by atoms with E-state index in [-0.39, 0.29) is 0 Å². The molecule has 5 heteroatoms. The number of nitrogens with one attached hydrogen (secondary N) is 1. The molecule has 2 aromatic heterocycles. The van der Waals surface area contributed by atoms with Crippen LogP contribution in [-0.2, 0) is 0 Å². The molecule has 70 valence electrons. The largest absolute Gasteiger partial charge is 0.340 e. The zero-order valence-electron chi connectivity index (χ0n) is 7.18. The summed E-state index contributed by atoms with van der Waals surface area (Å²) in [5, 5.41) is 3.52. The number of nitrogens with zero attached hydrogens (tertiary/aromatic N) is 3. The van der Waals surface area contributed by atoms with E-state index in [0.717, 1.165) is 11.5 Å². The fourth-order valence-electron chi connectivity index (χ4n) is 0.993. The van der Waals surface area contributed by atoms with Crippen LogP contribution < -0.4 is 5.32 Å². The molecule has 0 aromatic carbocycles. The lowest BCUT2D eigenvalue weighted by Gasteiger charge is -2.03. The second kappa shape index (κ2) is 4.02. The first-order valence-electron chi connectivity index (χ1n) is 3.99. The Labute approximate surface area is 86.0 Å². The van der Waals surface area contributed by atoms with Gasteiger partial charge in [-0.25, -0.2) is 15.0 Å². The van der Waals surface area contributed by atoms with E-state index in [1.54, 1.807) is 24.5 Å². The van der Waals surface area contributed by atoms with Crippen LogP contribution in [0.3, 0.4) is 0 Å². The molecule has 0 aliphatic rings. The number of hydrogen-bond acceptors (Lipinski definition) is 4. The van der Waals surface area contributed by atoms with Crippen molar-refractivity contribution in [2.45, 2.75) is 0 Å². The topological polar surface area (TPSA) is 50.7 Å². The molecule has 0 bridgehead atoms. The summed E-state index contributed by atoms with van der Waals surface area (Å²) in [6.07, 6.45) is 4.77. The van der Waals surface area contributed by atoms with Gasteiger partial charge in [0.15, 0.2) is 0 Å². The van der Waals surface area contributed by atoms with Gasteiger partial charge in [0.1, 0.15) is 17.3 Å². The number of halogens is 1. The molecule has 0 saturated carbocycles. The van der Waals surface area contributed by atoms with Crippen molar-refractivity contribution in [2.75, 3.05) is 5.32 Å².